The first-order valence-corrected chi connectivity index (χ1v) is 5.45. The Morgan fingerprint density at radius 1 is 1.06 bits per heavy atom. The summed E-state index contributed by atoms with van der Waals surface area (Å²) in [6.45, 7) is 3.70. The maximum atomic E-state index is 13.9. The molecular weight excluding hydrogens is 215 g/mol. The average molecular weight is 228 g/mol. The summed E-state index contributed by atoms with van der Waals surface area (Å²) in [6.07, 6.45) is 0.760. The summed E-state index contributed by atoms with van der Waals surface area (Å²) in [4.78, 5) is 10.9. The molecule has 0 amide bonds. The molecular formula is C15H13FO. The van der Waals surface area contributed by atoms with Gasteiger partial charge < -0.3 is 0 Å². The smallest absolute Gasteiger partial charge is 0.150 e. The molecule has 0 spiro atoms. The molecule has 0 aliphatic heterocycles. The summed E-state index contributed by atoms with van der Waals surface area (Å²) in [5.74, 6) is -0.289. The Morgan fingerprint density at radius 3 is 2.41 bits per heavy atom. The van der Waals surface area contributed by atoms with Gasteiger partial charge in [-0.25, -0.2) is 4.39 Å². The van der Waals surface area contributed by atoms with E-state index in [0.717, 1.165) is 17.4 Å². The lowest BCUT2D eigenvalue weighted by Crippen LogP contribution is -1.96. The minimum Gasteiger partial charge on any atom is -0.298 e. The van der Waals surface area contributed by atoms with Crippen LogP contribution in [0, 0.1) is 19.7 Å². The molecule has 86 valence electrons. The lowest BCUT2D eigenvalue weighted by molar-refractivity contribution is 0.112. The lowest BCUT2D eigenvalue weighted by Gasteiger charge is -2.12. The molecule has 0 aliphatic carbocycles. The molecule has 0 fully saturated rings. The molecule has 0 N–H and O–H groups in total. The number of carbonyl (C=O) groups is 1. The molecule has 0 atom stereocenters. The van der Waals surface area contributed by atoms with Crippen LogP contribution in [-0.4, -0.2) is 6.29 Å². The Labute approximate surface area is 99.9 Å². The first kappa shape index (κ1) is 11.5. The fraction of sp³-hybridized carbons (Fsp3) is 0.133. The van der Waals surface area contributed by atoms with E-state index in [1.54, 1.807) is 6.92 Å². The summed E-state index contributed by atoms with van der Waals surface area (Å²) in [6, 6.07) is 10.4. The normalized spacial score (nSPS) is 10.3. The predicted octanol–water partition coefficient (Wildman–Crippen LogP) is 3.92. The van der Waals surface area contributed by atoms with Gasteiger partial charge in [0.2, 0.25) is 0 Å². The van der Waals surface area contributed by atoms with Crippen molar-refractivity contribution in [1.29, 1.82) is 0 Å². The van der Waals surface area contributed by atoms with Gasteiger partial charge in [0.05, 0.1) is 0 Å². The van der Waals surface area contributed by atoms with Gasteiger partial charge in [0.25, 0.3) is 0 Å². The molecule has 0 radical (unpaired) electrons. The van der Waals surface area contributed by atoms with E-state index >= 15 is 0 Å². The van der Waals surface area contributed by atoms with E-state index in [0.29, 0.717) is 16.7 Å². The highest BCUT2D eigenvalue weighted by molar-refractivity contribution is 5.83. The Morgan fingerprint density at radius 2 is 1.76 bits per heavy atom. The van der Waals surface area contributed by atoms with Gasteiger partial charge in [-0.15, -0.1) is 0 Å². The highest BCUT2D eigenvalue weighted by Crippen LogP contribution is 2.30. The van der Waals surface area contributed by atoms with Crippen molar-refractivity contribution in [3.05, 3.63) is 58.9 Å². The van der Waals surface area contributed by atoms with Crippen molar-refractivity contribution in [2.24, 2.45) is 0 Å². The summed E-state index contributed by atoms with van der Waals surface area (Å²) >= 11 is 0. The monoisotopic (exact) mass is 228 g/mol. The zero-order valence-corrected chi connectivity index (χ0v) is 9.83. The van der Waals surface area contributed by atoms with Crippen molar-refractivity contribution in [3.63, 3.8) is 0 Å². The molecule has 0 aromatic heterocycles. The fourth-order valence-electron chi connectivity index (χ4n) is 2.01. The first-order chi connectivity index (χ1) is 8.15. The molecule has 0 unspecified atom stereocenters. The van der Waals surface area contributed by atoms with E-state index in [9.17, 15) is 9.18 Å². The van der Waals surface area contributed by atoms with E-state index in [-0.39, 0.29) is 5.82 Å². The van der Waals surface area contributed by atoms with Gasteiger partial charge in [0, 0.05) is 11.1 Å². The van der Waals surface area contributed by atoms with Crippen LogP contribution in [-0.2, 0) is 0 Å². The van der Waals surface area contributed by atoms with Crippen LogP contribution in [0.25, 0.3) is 11.1 Å². The number of rotatable bonds is 2. The summed E-state index contributed by atoms with van der Waals surface area (Å²) in [7, 11) is 0. The minimum absolute atomic E-state index is 0.289. The van der Waals surface area contributed by atoms with Crippen LogP contribution in [0.3, 0.4) is 0 Å². The molecule has 2 rings (SSSR count). The maximum absolute atomic E-state index is 13.9. The number of carbonyl (C=O) groups excluding carboxylic acids is 1. The number of hydrogen-bond acceptors (Lipinski definition) is 1. The average Bonchev–Trinajstić information content (AvgIpc) is 2.32. The largest absolute Gasteiger partial charge is 0.298 e. The third kappa shape index (κ3) is 1.98. The zero-order valence-electron chi connectivity index (χ0n) is 9.83. The molecule has 2 aromatic rings. The van der Waals surface area contributed by atoms with Crippen LogP contribution in [0.15, 0.2) is 36.4 Å². The van der Waals surface area contributed by atoms with Gasteiger partial charge in [-0.2, -0.15) is 0 Å². The standard InChI is InChI=1S/C15H13FO/c1-10-5-3-4-6-13(10)15-11(2)12(9-17)7-8-14(15)16/h3-9H,1-2H3. The predicted molar refractivity (Wildman–Crippen MR) is 66.7 cm³/mol. The van der Waals surface area contributed by atoms with Gasteiger partial charge in [-0.3, -0.25) is 4.79 Å². The molecule has 0 saturated carbocycles. The molecule has 1 nitrogen and oxygen atoms in total. The van der Waals surface area contributed by atoms with E-state index in [2.05, 4.69) is 0 Å². The third-order valence-electron chi connectivity index (χ3n) is 3.00. The molecule has 17 heavy (non-hydrogen) atoms. The Kier molecular flexibility index (Phi) is 3.05. The van der Waals surface area contributed by atoms with E-state index < -0.39 is 0 Å². The topological polar surface area (TPSA) is 17.1 Å². The van der Waals surface area contributed by atoms with Gasteiger partial charge in [0.1, 0.15) is 12.1 Å². The molecule has 2 aromatic carbocycles. The lowest BCUT2D eigenvalue weighted by atomic mass is 9.93. The fourth-order valence-corrected chi connectivity index (χ4v) is 2.01. The number of aryl methyl sites for hydroxylation is 1. The van der Waals surface area contributed by atoms with Gasteiger partial charge in [-0.1, -0.05) is 24.3 Å². The Hall–Kier alpha value is -1.96. The number of benzene rings is 2. The summed E-state index contributed by atoms with van der Waals surface area (Å²) in [5, 5.41) is 0. The van der Waals surface area contributed by atoms with Crippen LogP contribution in [0.2, 0.25) is 0 Å². The molecule has 0 heterocycles. The second-order valence-corrected chi connectivity index (χ2v) is 4.07. The number of aldehydes is 1. The second kappa shape index (κ2) is 4.50. The maximum Gasteiger partial charge on any atom is 0.150 e. The molecule has 0 bridgehead atoms. The Balaban J connectivity index is 2.75. The van der Waals surface area contributed by atoms with Crippen LogP contribution in [0.1, 0.15) is 21.5 Å². The van der Waals surface area contributed by atoms with Crippen LogP contribution < -0.4 is 0 Å². The second-order valence-electron chi connectivity index (χ2n) is 4.07. The van der Waals surface area contributed by atoms with Crippen molar-refractivity contribution >= 4 is 6.29 Å². The van der Waals surface area contributed by atoms with E-state index in [1.807, 2.05) is 31.2 Å². The van der Waals surface area contributed by atoms with E-state index in [1.165, 1.54) is 12.1 Å². The number of halogens is 1. The van der Waals surface area contributed by atoms with Crippen LogP contribution in [0.5, 0.6) is 0 Å². The van der Waals surface area contributed by atoms with Gasteiger partial charge in [0.15, 0.2) is 0 Å². The van der Waals surface area contributed by atoms with Crippen molar-refractivity contribution in [3.8, 4) is 11.1 Å². The third-order valence-corrected chi connectivity index (χ3v) is 3.00. The van der Waals surface area contributed by atoms with Crippen LogP contribution in [0.4, 0.5) is 4.39 Å². The molecule has 0 saturated heterocycles. The molecule has 2 heteroatoms. The highest BCUT2D eigenvalue weighted by atomic mass is 19.1. The van der Waals surface area contributed by atoms with Crippen molar-refractivity contribution < 1.29 is 9.18 Å². The quantitative estimate of drug-likeness (QED) is 0.712. The minimum atomic E-state index is -0.289. The van der Waals surface area contributed by atoms with Crippen molar-refractivity contribution in [1.82, 2.24) is 0 Å². The van der Waals surface area contributed by atoms with Gasteiger partial charge in [-0.05, 0) is 42.7 Å². The van der Waals surface area contributed by atoms with Crippen molar-refractivity contribution in [2.75, 3.05) is 0 Å². The number of hydrogen-bond donors (Lipinski definition) is 0. The van der Waals surface area contributed by atoms with Gasteiger partial charge >= 0.3 is 0 Å². The zero-order chi connectivity index (χ0) is 12.4. The summed E-state index contributed by atoms with van der Waals surface area (Å²) < 4.78 is 13.9. The van der Waals surface area contributed by atoms with Crippen LogP contribution >= 0.6 is 0 Å². The van der Waals surface area contributed by atoms with E-state index in [4.69, 9.17) is 0 Å². The highest BCUT2D eigenvalue weighted by Gasteiger charge is 2.13. The first-order valence-electron chi connectivity index (χ1n) is 5.45. The molecule has 0 aliphatic rings. The SMILES string of the molecule is Cc1ccccc1-c1c(F)ccc(C=O)c1C. The summed E-state index contributed by atoms with van der Waals surface area (Å²) in [5.41, 5.74) is 3.58. The van der Waals surface area contributed by atoms with Crippen molar-refractivity contribution in [2.45, 2.75) is 13.8 Å². The Bertz CT molecular complexity index is 573.